The van der Waals surface area contributed by atoms with E-state index in [1.807, 2.05) is 0 Å². The zero-order valence-electron chi connectivity index (χ0n) is 35.7. The van der Waals surface area contributed by atoms with E-state index in [4.69, 9.17) is 14.2 Å². The van der Waals surface area contributed by atoms with Gasteiger partial charge >= 0.3 is 17.9 Å². The van der Waals surface area contributed by atoms with Gasteiger partial charge in [-0.2, -0.15) is 0 Å². The van der Waals surface area contributed by atoms with Gasteiger partial charge in [0.25, 0.3) is 0 Å². The molecular formula is C49H82O6. The smallest absolute Gasteiger partial charge is 0.306 e. The summed E-state index contributed by atoms with van der Waals surface area (Å²) in [5, 5.41) is 0. The third kappa shape index (κ3) is 41.8. The first-order valence-electron chi connectivity index (χ1n) is 22.5. The molecule has 6 heteroatoms. The first kappa shape index (κ1) is 51.9. The Labute approximate surface area is 338 Å². The van der Waals surface area contributed by atoms with E-state index in [-0.39, 0.29) is 37.5 Å². The molecule has 0 saturated carbocycles. The molecule has 6 nitrogen and oxygen atoms in total. The van der Waals surface area contributed by atoms with Gasteiger partial charge < -0.3 is 14.2 Å². The van der Waals surface area contributed by atoms with Crippen LogP contribution in [0.3, 0.4) is 0 Å². The second-order valence-corrected chi connectivity index (χ2v) is 14.6. The minimum atomic E-state index is -0.814. The van der Waals surface area contributed by atoms with Crippen LogP contribution >= 0.6 is 0 Å². The summed E-state index contributed by atoms with van der Waals surface area (Å²) in [6, 6.07) is 0. The summed E-state index contributed by atoms with van der Waals surface area (Å²) in [5.41, 5.74) is 0. The molecular weight excluding hydrogens is 685 g/mol. The maximum atomic E-state index is 12.7. The van der Waals surface area contributed by atoms with Crippen LogP contribution in [0.25, 0.3) is 0 Å². The van der Waals surface area contributed by atoms with Crippen molar-refractivity contribution in [3.05, 3.63) is 72.9 Å². The Morgan fingerprint density at radius 3 is 1.36 bits per heavy atom. The first-order valence-corrected chi connectivity index (χ1v) is 22.5. The Morgan fingerprint density at radius 2 is 0.800 bits per heavy atom. The van der Waals surface area contributed by atoms with Crippen LogP contribution in [0.4, 0.5) is 0 Å². The molecule has 0 aliphatic heterocycles. The van der Waals surface area contributed by atoms with Crippen molar-refractivity contribution in [1.82, 2.24) is 0 Å². The molecule has 0 N–H and O–H groups in total. The molecule has 0 fully saturated rings. The van der Waals surface area contributed by atoms with E-state index < -0.39 is 6.10 Å². The average Bonchev–Trinajstić information content (AvgIpc) is 3.18. The van der Waals surface area contributed by atoms with Gasteiger partial charge in [0.1, 0.15) is 13.2 Å². The van der Waals surface area contributed by atoms with Crippen LogP contribution in [0.5, 0.6) is 0 Å². The summed E-state index contributed by atoms with van der Waals surface area (Å²) in [6.45, 7) is 6.36. The third-order valence-electron chi connectivity index (χ3n) is 9.19. The van der Waals surface area contributed by atoms with Crippen molar-refractivity contribution in [3.8, 4) is 0 Å². The average molecular weight is 767 g/mol. The fraction of sp³-hybridized carbons (Fsp3) is 0.694. The Morgan fingerprint density at radius 1 is 0.400 bits per heavy atom. The van der Waals surface area contributed by atoms with Gasteiger partial charge in [-0.05, 0) is 89.9 Å². The number of allylic oxidation sites excluding steroid dienone is 12. The van der Waals surface area contributed by atoms with Gasteiger partial charge in [0.2, 0.25) is 0 Å². The van der Waals surface area contributed by atoms with E-state index in [2.05, 4.69) is 93.7 Å². The molecule has 0 rings (SSSR count). The molecule has 0 heterocycles. The number of ether oxygens (including phenoxy) is 3. The van der Waals surface area contributed by atoms with E-state index in [0.29, 0.717) is 19.3 Å². The maximum Gasteiger partial charge on any atom is 0.306 e. The number of unbranched alkanes of at least 4 members (excludes halogenated alkanes) is 17. The monoisotopic (exact) mass is 767 g/mol. The Kier molecular flexibility index (Phi) is 41.1. The number of hydrogen-bond acceptors (Lipinski definition) is 6. The number of hydrogen-bond donors (Lipinski definition) is 0. The molecule has 0 aromatic heterocycles. The van der Waals surface area contributed by atoms with Crippen LogP contribution in [-0.4, -0.2) is 37.2 Å². The fourth-order valence-corrected chi connectivity index (χ4v) is 5.79. The van der Waals surface area contributed by atoms with Crippen molar-refractivity contribution in [2.24, 2.45) is 0 Å². The highest BCUT2D eigenvalue weighted by molar-refractivity contribution is 5.71. The topological polar surface area (TPSA) is 78.9 Å². The molecule has 0 aromatic rings. The Bertz CT molecular complexity index is 1070. The quantitative estimate of drug-likeness (QED) is 0.0204. The van der Waals surface area contributed by atoms with Crippen LogP contribution in [0, 0.1) is 0 Å². The van der Waals surface area contributed by atoms with Crippen molar-refractivity contribution in [1.29, 1.82) is 0 Å². The zero-order valence-corrected chi connectivity index (χ0v) is 35.7. The Balaban J connectivity index is 4.47. The van der Waals surface area contributed by atoms with Gasteiger partial charge in [-0.15, -0.1) is 0 Å². The molecule has 55 heavy (non-hydrogen) atoms. The number of esters is 3. The van der Waals surface area contributed by atoms with Crippen LogP contribution < -0.4 is 0 Å². The lowest BCUT2D eigenvalue weighted by atomic mass is 10.1. The summed E-state index contributed by atoms with van der Waals surface area (Å²) in [6.07, 6.45) is 53.3. The van der Waals surface area contributed by atoms with E-state index >= 15 is 0 Å². The molecule has 0 spiro atoms. The Hall–Kier alpha value is -3.15. The highest BCUT2D eigenvalue weighted by atomic mass is 16.6. The number of carbonyl (C=O) groups excluding carboxylic acids is 3. The van der Waals surface area contributed by atoms with Crippen molar-refractivity contribution in [2.75, 3.05) is 13.2 Å². The van der Waals surface area contributed by atoms with Gasteiger partial charge in [-0.1, -0.05) is 164 Å². The minimum absolute atomic E-state index is 0.111. The standard InChI is InChI=1S/C49H82O6/c1-4-7-10-13-16-19-22-23-24-25-26-28-30-33-36-39-42-48(51)54-45-46(44-53-47(50)41-38-35-32-29-21-18-15-12-9-6-3)55-49(52)43-40-37-34-31-27-20-17-14-11-8-5-2/h8,11,15,17-18,20,24-26,28,31,34,46H,4-7,9-10,12-14,16,19,21-23,27,29-30,32-33,35-45H2,1-3H3/b11-8-,18-15-,20-17-,25-24-,28-26-,34-31-. The second kappa shape index (κ2) is 43.6. The predicted octanol–water partition coefficient (Wildman–Crippen LogP) is 14.3. The van der Waals surface area contributed by atoms with Gasteiger partial charge in [0.15, 0.2) is 6.10 Å². The van der Waals surface area contributed by atoms with Crippen LogP contribution in [0.1, 0.15) is 201 Å². The molecule has 0 amide bonds. The molecule has 0 aliphatic carbocycles. The highest BCUT2D eigenvalue weighted by Gasteiger charge is 2.19. The second-order valence-electron chi connectivity index (χ2n) is 14.6. The zero-order chi connectivity index (χ0) is 40.1. The van der Waals surface area contributed by atoms with Crippen LogP contribution in [0.15, 0.2) is 72.9 Å². The first-order chi connectivity index (χ1) is 27.0. The molecule has 1 atom stereocenters. The SMILES string of the molecule is CC/C=C\C/C=C\C/C=C\CCCC(=O)OC(COC(=O)CCCCC/C=C\C=C/CCCCCCCCC)COC(=O)CCCCCC/C=C\CCCC. The maximum absolute atomic E-state index is 12.7. The summed E-state index contributed by atoms with van der Waals surface area (Å²) in [5.74, 6) is -1.01. The van der Waals surface area contributed by atoms with Gasteiger partial charge in [-0.3, -0.25) is 14.4 Å². The van der Waals surface area contributed by atoms with Crippen molar-refractivity contribution in [3.63, 3.8) is 0 Å². The van der Waals surface area contributed by atoms with Crippen LogP contribution in [0.2, 0.25) is 0 Å². The van der Waals surface area contributed by atoms with E-state index in [1.165, 1.54) is 57.8 Å². The summed E-state index contributed by atoms with van der Waals surface area (Å²) in [4.78, 5) is 37.6. The van der Waals surface area contributed by atoms with Crippen molar-refractivity contribution < 1.29 is 28.6 Å². The van der Waals surface area contributed by atoms with Crippen molar-refractivity contribution >= 4 is 17.9 Å². The lowest BCUT2D eigenvalue weighted by Crippen LogP contribution is -2.30. The molecule has 0 bridgehead atoms. The molecule has 0 aromatic carbocycles. The largest absolute Gasteiger partial charge is 0.462 e. The third-order valence-corrected chi connectivity index (χ3v) is 9.19. The van der Waals surface area contributed by atoms with E-state index in [9.17, 15) is 14.4 Å². The van der Waals surface area contributed by atoms with Gasteiger partial charge in [-0.25, -0.2) is 0 Å². The normalized spacial score (nSPS) is 12.7. The fourth-order valence-electron chi connectivity index (χ4n) is 5.79. The number of rotatable bonds is 39. The van der Waals surface area contributed by atoms with Gasteiger partial charge in [0, 0.05) is 19.3 Å². The van der Waals surface area contributed by atoms with Crippen molar-refractivity contribution in [2.45, 2.75) is 207 Å². The summed E-state index contributed by atoms with van der Waals surface area (Å²) < 4.78 is 16.6. The molecule has 1 unspecified atom stereocenters. The molecule has 0 saturated heterocycles. The van der Waals surface area contributed by atoms with E-state index in [0.717, 1.165) is 96.3 Å². The van der Waals surface area contributed by atoms with Gasteiger partial charge in [0.05, 0.1) is 0 Å². The lowest BCUT2D eigenvalue weighted by Gasteiger charge is -2.18. The van der Waals surface area contributed by atoms with Crippen LogP contribution in [-0.2, 0) is 28.6 Å². The van der Waals surface area contributed by atoms with E-state index in [1.54, 1.807) is 0 Å². The highest BCUT2D eigenvalue weighted by Crippen LogP contribution is 2.11. The molecule has 0 radical (unpaired) electrons. The summed E-state index contributed by atoms with van der Waals surface area (Å²) >= 11 is 0. The predicted molar refractivity (Wildman–Crippen MR) is 233 cm³/mol. The lowest BCUT2D eigenvalue weighted by molar-refractivity contribution is -0.167. The minimum Gasteiger partial charge on any atom is -0.462 e. The molecule has 0 aliphatic rings. The summed E-state index contributed by atoms with van der Waals surface area (Å²) in [7, 11) is 0. The molecule has 314 valence electrons. The number of carbonyl (C=O) groups is 3.